The number of carbonyl (C=O) groups is 2. The van der Waals surface area contributed by atoms with Gasteiger partial charge < -0.3 is 15.0 Å². The number of carboxylic acid groups (broad SMARTS) is 1. The summed E-state index contributed by atoms with van der Waals surface area (Å²) in [5.41, 5.74) is 2.71. The van der Waals surface area contributed by atoms with E-state index in [-0.39, 0.29) is 29.5 Å². The van der Waals surface area contributed by atoms with Crippen LogP contribution in [0, 0.1) is 0 Å². The molecule has 2 aromatic heterocycles. The zero-order valence-corrected chi connectivity index (χ0v) is 15.0. The Morgan fingerprint density at radius 2 is 2.15 bits per heavy atom. The molecule has 8 nitrogen and oxygen atoms in total. The van der Waals surface area contributed by atoms with Crippen LogP contribution in [0.5, 0.6) is 0 Å². The van der Waals surface area contributed by atoms with Crippen molar-refractivity contribution < 1.29 is 14.7 Å². The summed E-state index contributed by atoms with van der Waals surface area (Å²) >= 11 is 0. The molecule has 8 heteroatoms. The third-order valence-electron chi connectivity index (χ3n) is 5.48. The highest BCUT2D eigenvalue weighted by Gasteiger charge is 2.29. The molecule has 2 N–H and O–H groups in total. The number of pyridine rings is 1. The van der Waals surface area contributed by atoms with Gasteiger partial charge in [-0.15, -0.1) is 0 Å². The van der Waals surface area contributed by atoms with Crippen LogP contribution in [0.25, 0.3) is 0 Å². The minimum absolute atomic E-state index is 0.0121. The Kier molecular flexibility index (Phi) is 4.55. The van der Waals surface area contributed by atoms with Crippen molar-refractivity contribution >= 4 is 11.9 Å². The molecule has 1 fully saturated rings. The maximum absolute atomic E-state index is 13.0. The van der Waals surface area contributed by atoms with Crippen molar-refractivity contribution in [1.82, 2.24) is 19.7 Å². The molecule has 0 bridgehead atoms. The van der Waals surface area contributed by atoms with Gasteiger partial charge in [-0.05, 0) is 49.8 Å². The predicted octanol–water partition coefficient (Wildman–Crippen LogP) is 1.16. The third-order valence-corrected chi connectivity index (χ3v) is 5.48. The van der Waals surface area contributed by atoms with E-state index in [0.717, 1.165) is 49.1 Å². The molecular formula is C19H22N4O4. The van der Waals surface area contributed by atoms with Gasteiger partial charge in [0.1, 0.15) is 12.1 Å². The minimum atomic E-state index is -0.951. The highest BCUT2D eigenvalue weighted by Crippen LogP contribution is 2.28. The van der Waals surface area contributed by atoms with Crippen molar-refractivity contribution in [3.8, 4) is 0 Å². The lowest BCUT2D eigenvalue weighted by atomic mass is 9.94. The summed E-state index contributed by atoms with van der Waals surface area (Å²) in [6.07, 6.45) is 6.00. The molecular weight excluding hydrogens is 348 g/mol. The van der Waals surface area contributed by atoms with Crippen molar-refractivity contribution in [2.45, 2.75) is 44.6 Å². The molecule has 0 radical (unpaired) electrons. The van der Waals surface area contributed by atoms with Crippen molar-refractivity contribution in [1.29, 1.82) is 0 Å². The summed E-state index contributed by atoms with van der Waals surface area (Å²) < 4.78 is 1.48. The van der Waals surface area contributed by atoms with Gasteiger partial charge in [-0.1, -0.05) is 0 Å². The summed E-state index contributed by atoms with van der Waals surface area (Å²) in [4.78, 5) is 40.9. The lowest BCUT2D eigenvalue weighted by Crippen LogP contribution is -2.41. The number of aryl methyl sites for hydroxylation is 2. The van der Waals surface area contributed by atoms with Crippen LogP contribution in [0.1, 0.15) is 52.5 Å². The molecule has 2 aliphatic rings. The molecule has 0 spiro atoms. The van der Waals surface area contributed by atoms with Crippen LogP contribution in [-0.2, 0) is 24.2 Å². The van der Waals surface area contributed by atoms with Crippen molar-refractivity contribution in [3.05, 3.63) is 51.2 Å². The zero-order chi connectivity index (χ0) is 19.0. The number of likely N-dealkylation sites (tertiary alicyclic amines) is 1. The van der Waals surface area contributed by atoms with Crippen LogP contribution in [0.2, 0.25) is 0 Å². The Morgan fingerprint density at radius 1 is 1.30 bits per heavy atom. The van der Waals surface area contributed by atoms with Gasteiger partial charge in [-0.25, -0.2) is 0 Å². The van der Waals surface area contributed by atoms with Gasteiger partial charge in [0.15, 0.2) is 0 Å². The van der Waals surface area contributed by atoms with Crippen molar-refractivity contribution in [2.24, 2.45) is 0 Å². The van der Waals surface area contributed by atoms with Crippen LogP contribution < -0.4 is 5.56 Å². The number of hydrogen-bond acceptors (Lipinski definition) is 4. The number of H-pyrrole nitrogens is 1. The number of carboxylic acids is 1. The van der Waals surface area contributed by atoms with Crippen LogP contribution in [0.4, 0.5) is 0 Å². The van der Waals surface area contributed by atoms with Gasteiger partial charge >= 0.3 is 5.97 Å². The summed E-state index contributed by atoms with van der Waals surface area (Å²) in [7, 11) is 0. The van der Waals surface area contributed by atoms with Crippen LogP contribution in [0.3, 0.4) is 0 Å². The lowest BCUT2D eigenvalue weighted by molar-refractivity contribution is -0.137. The molecule has 3 heterocycles. The summed E-state index contributed by atoms with van der Waals surface area (Å²) in [5, 5.41) is 13.1. The smallest absolute Gasteiger partial charge is 0.325 e. The van der Waals surface area contributed by atoms with Crippen molar-refractivity contribution in [2.75, 3.05) is 13.1 Å². The van der Waals surface area contributed by atoms with E-state index in [1.165, 1.54) is 4.68 Å². The molecule has 1 aliphatic heterocycles. The molecule has 2 aromatic rings. The van der Waals surface area contributed by atoms with E-state index in [4.69, 9.17) is 5.11 Å². The number of rotatable bonds is 4. The van der Waals surface area contributed by atoms with E-state index in [9.17, 15) is 14.4 Å². The number of hydrogen-bond donors (Lipinski definition) is 2. The van der Waals surface area contributed by atoms with E-state index in [1.54, 1.807) is 17.2 Å². The molecule has 4 rings (SSSR count). The number of aliphatic carboxylic acids is 1. The fourth-order valence-corrected chi connectivity index (χ4v) is 4.20. The monoisotopic (exact) mass is 370 g/mol. The number of aromatic amines is 1. The van der Waals surface area contributed by atoms with Gasteiger partial charge in [-0.3, -0.25) is 19.1 Å². The Bertz CT molecular complexity index is 945. The molecule has 1 aliphatic carbocycles. The second kappa shape index (κ2) is 7.02. The van der Waals surface area contributed by atoms with Crippen LogP contribution in [-0.4, -0.2) is 49.7 Å². The van der Waals surface area contributed by atoms with E-state index >= 15 is 0 Å². The molecule has 27 heavy (non-hydrogen) atoms. The zero-order valence-electron chi connectivity index (χ0n) is 15.0. The molecule has 1 saturated heterocycles. The second-order valence-electron chi connectivity index (χ2n) is 7.27. The number of nitrogens with one attached hydrogen (secondary N) is 1. The number of amides is 1. The van der Waals surface area contributed by atoms with Gasteiger partial charge in [0, 0.05) is 36.6 Å². The Balaban J connectivity index is 1.55. The van der Waals surface area contributed by atoms with Gasteiger partial charge in [-0.2, -0.15) is 5.10 Å². The predicted molar refractivity (Wildman–Crippen MR) is 96.8 cm³/mol. The van der Waals surface area contributed by atoms with E-state index < -0.39 is 5.97 Å². The topological polar surface area (TPSA) is 108 Å². The molecule has 142 valence electrons. The Labute approximate surface area is 155 Å². The molecule has 0 unspecified atom stereocenters. The Morgan fingerprint density at radius 3 is 2.96 bits per heavy atom. The summed E-state index contributed by atoms with van der Waals surface area (Å²) in [6.45, 7) is 0.858. The fourth-order valence-electron chi connectivity index (χ4n) is 4.20. The summed E-state index contributed by atoms with van der Waals surface area (Å²) in [5.74, 6) is -1.19. The van der Waals surface area contributed by atoms with Gasteiger partial charge in [0.05, 0.1) is 0 Å². The first kappa shape index (κ1) is 17.5. The van der Waals surface area contributed by atoms with Crippen molar-refractivity contribution in [3.63, 3.8) is 0 Å². The highest BCUT2D eigenvalue weighted by atomic mass is 16.4. The molecule has 1 atom stereocenters. The van der Waals surface area contributed by atoms with Gasteiger partial charge in [0.25, 0.3) is 11.5 Å². The normalized spacial score (nSPS) is 19.1. The van der Waals surface area contributed by atoms with Crippen LogP contribution in [0.15, 0.2) is 23.1 Å². The van der Waals surface area contributed by atoms with Gasteiger partial charge in [0.2, 0.25) is 0 Å². The lowest BCUT2D eigenvalue weighted by Gasteiger charge is -2.33. The number of nitrogens with zero attached hydrogens (tertiary/aromatic N) is 3. The number of fused-ring (bicyclic) bond motifs is 1. The van der Waals surface area contributed by atoms with Crippen LogP contribution >= 0.6 is 0 Å². The first-order valence-corrected chi connectivity index (χ1v) is 9.31. The number of piperidine rings is 1. The standard InChI is InChI=1S/C19H22N4O4/c24-17(25)11-23-16(6-7-20-23)13-4-2-8-22(10-13)19(27)14-9-12-3-1-5-15(12)21-18(14)26/h6-7,9,13H,1-5,8,10-11H2,(H,21,26)(H,24,25)/t13-/m0/s1. The average Bonchev–Trinajstić information content (AvgIpc) is 3.29. The molecule has 1 amide bonds. The average molecular weight is 370 g/mol. The molecule has 0 aromatic carbocycles. The fraction of sp³-hybridized carbons (Fsp3) is 0.474. The first-order chi connectivity index (χ1) is 13.0. The maximum atomic E-state index is 13.0. The summed E-state index contributed by atoms with van der Waals surface area (Å²) in [6, 6.07) is 3.56. The minimum Gasteiger partial charge on any atom is -0.480 e. The highest BCUT2D eigenvalue weighted by molar-refractivity contribution is 5.94. The first-order valence-electron chi connectivity index (χ1n) is 9.31. The maximum Gasteiger partial charge on any atom is 0.325 e. The second-order valence-corrected chi connectivity index (χ2v) is 7.27. The number of aromatic nitrogens is 3. The SMILES string of the molecule is O=C(O)Cn1nccc1[C@H]1CCCN(C(=O)c2cc3c([nH]c2=O)CCC3)C1. The van der Waals surface area contributed by atoms with E-state index in [1.807, 2.05) is 6.07 Å². The largest absolute Gasteiger partial charge is 0.480 e. The Hall–Kier alpha value is -2.90. The van der Waals surface area contributed by atoms with E-state index in [2.05, 4.69) is 10.1 Å². The third kappa shape index (κ3) is 3.39. The number of carbonyl (C=O) groups excluding carboxylic acids is 1. The van der Waals surface area contributed by atoms with E-state index in [0.29, 0.717) is 13.1 Å². The quantitative estimate of drug-likeness (QED) is 0.840. The molecule has 0 saturated carbocycles.